The van der Waals surface area contributed by atoms with Crippen molar-refractivity contribution in [2.75, 3.05) is 57.2 Å². The average molecular weight is 1380 g/mol. The largest absolute Gasteiger partial charge is 0.508 e. The van der Waals surface area contributed by atoms with Gasteiger partial charge in [0.15, 0.2) is 17.8 Å². The number of aliphatic hydroxyl groups excluding tert-OH is 2. The Morgan fingerprint density at radius 1 is 0.742 bits per heavy atom. The molecule has 93 heavy (non-hydrogen) atoms. The lowest BCUT2D eigenvalue weighted by Crippen LogP contribution is -2.35. The van der Waals surface area contributed by atoms with Crippen LogP contribution in [0, 0.1) is 19.8 Å². The van der Waals surface area contributed by atoms with E-state index in [2.05, 4.69) is 44.8 Å². The Morgan fingerprint density at radius 3 is 2.01 bits per heavy atom. The highest BCUT2D eigenvalue weighted by Gasteiger charge is 2.45. The molecular weight excluding hydrogens is 1300 g/mol. The van der Waals surface area contributed by atoms with Crippen molar-refractivity contribution in [2.24, 2.45) is 5.92 Å². The zero-order chi connectivity index (χ0) is 66.0. The molecule has 496 valence electrons. The molecule has 8 aromatic rings. The van der Waals surface area contributed by atoms with Gasteiger partial charge in [0.05, 0.1) is 69.8 Å². The number of phosphoric acid groups is 1. The van der Waals surface area contributed by atoms with Gasteiger partial charge < -0.3 is 49.9 Å². The summed E-state index contributed by atoms with van der Waals surface area (Å²) in [5.41, 5.74) is 19.8. The van der Waals surface area contributed by atoms with E-state index >= 15 is 0 Å². The predicted molar refractivity (Wildman–Crippen MR) is 348 cm³/mol. The van der Waals surface area contributed by atoms with E-state index < -0.39 is 59.0 Å². The van der Waals surface area contributed by atoms with Crippen molar-refractivity contribution in [1.29, 1.82) is 0 Å². The number of aliphatic hydroxyl groups is 2. The van der Waals surface area contributed by atoms with Crippen LogP contribution in [0.5, 0.6) is 11.5 Å². The van der Waals surface area contributed by atoms with Gasteiger partial charge in [0.2, 0.25) is 0 Å². The van der Waals surface area contributed by atoms with Gasteiger partial charge in [0.1, 0.15) is 41.6 Å². The highest BCUT2D eigenvalue weighted by molar-refractivity contribution is 7.54. The van der Waals surface area contributed by atoms with E-state index in [1.54, 1.807) is 59.7 Å². The van der Waals surface area contributed by atoms with E-state index in [0.717, 1.165) is 45.4 Å². The van der Waals surface area contributed by atoms with Crippen LogP contribution in [-0.2, 0) is 63.1 Å². The molecule has 7 N–H and O–H groups in total. The van der Waals surface area contributed by atoms with Gasteiger partial charge in [-0.15, -0.1) is 0 Å². The zero-order valence-electron chi connectivity index (χ0n) is 51.5. The van der Waals surface area contributed by atoms with Crippen LogP contribution in [-0.4, -0.2) is 107 Å². The number of nitrogen functional groups attached to an aromatic ring is 2. The Balaban J connectivity index is 0.000000154. The highest BCUT2D eigenvalue weighted by Crippen LogP contribution is 2.59. The maximum absolute atomic E-state index is 13.2. The Morgan fingerprint density at radius 2 is 1.38 bits per heavy atom. The number of rotatable bonds is 18. The van der Waals surface area contributed by atoms with Crippen LogP contribution >= 0.6 is 46.2 Å². The molecule has 1 aliphatic carbocycles. The molecule has 1 saturated carbocycles. The molecule has 7 heterocycles. The van der Waals surface area contributed by atoms with Crippen molar-refractivity contribution in [3.8, 4) is 11.5 Å². The quantitative estimate of drug-likeness (QED) is 0.0393. The molecule has 25 nitrogen and oxygen atoms in total. The van der Waals surface area contributed by atoms with Crippen molar-refractivity contribution in [2.45, 2.75) is 109 Å². The fraction of sp³-hybridized carbons (Fsp3) is 0.397. The summed E-state index contributed by atoms with van der Waals surface area (Å²) in [4.78, 5) is 31.9. The molecule has 0 bridgehead atoms. The number of halogens is 2. The van der Waals surface area contributed by atoms with Gasteiger partial charge in [-0.05, 0) is 138 Å². The number of imidazole rings is 1. The van der Waals surface area contributed by atoms with Gasteiger partial charge >= 0.3 is 28.7 Å². The Labute approximate surface area is 547 Å². The van der Waals surface area contributed by atoms with Crippen LogP contribution in [0.2, 0.25) is 10.0 Å². The van der Waals surface area contributed by atoms with E-state index in [9.17, 15) is 33.8 Å². The van der Waals surface area contributed by atoms with Crippen molar-refractivity contribution < 1.29 is 70.2 Å². The third-order valence-corrected chi connectivity index (χ3v) is 21.2. The monoisotopic (exact) mass is 1380 g/mol. The lowest BCUT2D eigenvalue weighted by Gasteiger charge is -2.30. The van der Waals surface area contributed by atoms with Crippen LogP contribution in [0.25, 0.3) is 11.2 Å². The Bertz CT molecular complexity index is 4080. The fourth-order valence-electron chi connectivity index (χ4n) is 11.2. The zero-order valence-corrected chi connectivity index (χ0v) is 55.7. The maximum atomic E-state index is 13.2. The van der Waals surface area contributed by atoms with Crippen LogP contribution < -0.4 is 21.9 Å². The van der Waals surface area contributed by atoms with Gasteiger partial charge in [0, 0.05) is 60.4 Å². The van der Waals surface area contributed by atoms with E-state index in [0.29, 0.717) is 77.5 Å². The molecule has 2 unspecified atom stereocenters. The minimum absolute atomic E-state index is 0.0672. The summed E-state index contributed by atoms with van der Waals surface area (Å²) in [5, 5.41) is 32.2. The molecule has 4 aliphatic rings. The number of aromatic hydroxyl groups is 1. The molecule has 0 spiro atoms. The number of benzene rings is 4. The third-order valence-electron chi connectivity index (χ3n) is 16.1. The van der Waals surface area contributed by atoms with Crippen molar-refractivity contribution >= 4 is 69.0 Å². The Kier molecular flexibility index (Phi) is 23.1. The number of phenols is 1. The summed E-state index contributed by atoms with van der Waals surface area (Å²) < 4.78 is 92.3. The topological polar surface area (TPSA) is 338 Å². The second kappa shape index (κ2) is 30.9. The SMILES string of the molecule is Cc1cc(OC[P@@]2(=O)OCC[C@@H](c3cccc(Cl)c3)O2)cc(C)c1Cc1ccc(O)c(C(C)C)c1.Nc1ccn([C@@H]2C[C@H](COP3(=O)OCCC(c4ccncc4)O3)[C@@H](O)[C@@H]2O)c(=O)n1.Nc1ncnc2c1ncn2CCOC[P@@]1(=O)OCC[C@@H](c2cccc(Cl)c2)O1. The molecule has 3 saturated heterocycles. The standard InChI is InChI=1S/C28H32ClO5P.C18H23N4O7P.C17H19ClN5O4P/c1-18(2)25-14-21(8-9-27(25)30)15-26-19(3)12-24(13-20(26)4)32-17-35(31)33-11-10-28(34-35)22-6-5-7-23(29)16-22;19-15-3-7-22(18(25)21-15)13-9-12(16(23)17(13)24)10-28-30(26)27-8-4-14(29-30)11-1-5-20-6-2-11;18-13-3-1-2-12(8-13)14-4-6-26-28(24,27-14)11-25-7-5-23-10-22-15-16(19)20-9-21-17(15)23/h5-9,12-14,16,18,28,30H,10-11,15,17H2,1-4H3;1-3,5-7,12-14,16-17,23-24H,4,8-10H2,(H2,19,21,25);1-3,8-10,14H,4-7,11H2,(H2,19,20,21)/t28-,35+;12-,13-,14?,16-,17-,30?;14-,28+/m010/s1. The molecule has 4 fully saturated rings. The van der Waals surface area contributed by atoms with E-state index in [1.165, 1.54) is 28.7 Å². The number of hydrogen-bond acceptors (Lipinski definition) is 23. The molecule has 0 amide bonds. The number of pyridine rings is 1. The first kappa shape index (κ1) is 69.4. The summed E-state index contributed by atoms with van der Waals surface area (Å²) in [5.74, 6) is 1.01. The molecular formula is C63H74Cl2N9O16P3. The normalized spacial score (nSPS) is 25.4. The summed E-state index contributed by atoms with van der Waals surface area (Å²) in [6.07, 6.45) is 6.50. The van der Waals surface area contributed by atoms with Crippen molar-refractivity contribution in [3.63, 3.8) is 0 Å². The van der Waals surface area contributed by atoms with E-state index in [4.69, 9.17) is 75.8 Å². The molecule has 0 radical (unpaired) electrons. The second-order valence-corrected chi connectivity index (χ2v) is 29.4. The predicted octanol–water partition coefficient (Wildman–Crippen LogP) is 12.3. The molecule has 10 atom stereocenters. The third kappa shape index (κ3) is 17.9. The minimum atomic E-state index is -3.85. The second-order valence-electron chi connectivity index (χ2n) is 23.0. The van der Waals surface area contributed by atoms with Gasteiger partial charge in [-0.1, -0.05) is 73.4 Å². The van der Waals surface area contributed by atoms with Gasteiger partial charge in [0.25, 0.3) is 0 Å². The summed E-state index contributed by atoms with van der Waals surface area (Å²) in [7, 11) is -10.6. The number of phosphoric ester groups is 1. The van der Waals surface area contributed by atoms with Crippen LogP contribution in [0.4, 0.5) is 11.6 Å². The fourth-order valence-corrected chi connectivity index (χ4v) is 16.1. The summed E-state index contributed by atoms with van der Waals surface area (Å²) in [6, 6.07) is 28.7. The molecule has 3 aliphatic heterocycles. The first-order chi connectivity index (χ1) is 44.5. The number of hydrogen-bond donors (Lipinski definition) is 5. The summed E-state index contributed by atoms with van der Waals surface area (Å²) in [6.45, 7) is 9.67. The highest BCUT2D eigenvalue weighted by atomic mass is 35.5. The van der Waals surface area contributed by atoms with Crippen LogP contribution in [0.15, 0.2) is 133 Å². The first-order valence-corrected chi connectivity index (χ1v) is 35.8. The number of nitrogens with two attached hydrogens (primary N) is 2. The van der Waals surface area contributed by atoms with Gasteiger partial charge in [-0.2, -0.15) is 4.98 Å². The number of anilines is 2. The average Bonchev–Trinajstić information content (AvgIpc) is 1.81. The number of aromatic nitrogens is 7. The molecule has 12 rings (SSSR count). The molecule has 4 aromatic carbocycles. The van der Waals surface area contributed by atoms with Crippen LogP contribution in [0.1, 0.15) is 114 Å². The molecule has 4 aromatic heterocycles. The smallest absolute Gasteiger partial charge is 0.475 e. The lowest BCUT2D eigenvalue weighted by atomic mass is 9.93. The molecule has 30 heteroatoms. The van der Waals surface area contributed by atoms with Crippen molar-refractivity contribution in [3.05, 3.63) is 193 Å². The van der Waals surface area contributed by atoms with Gasteiger partial charge in [-0.25, -0.2) is 24.3 Å². The number of fused-ring (bicyclic) bond motifs is 1. The van der Waals surface area contributed by atoms with Crippen LogP contribution in [0.3, 0.4) is 0 Å². The van der Waals surface area contributed by atoms with E-state index in [-0.39, 0.29) is 62.9 Å². The minimum Gasteiger partial charge on any atom is -0.508 e. The number of phenolic OH excluding ortho intramolecular Hbond substituents is 1. The maximum Gasteiger partial charge on any atom is 0.475 e. The van der Waals surface area contributed by atoms with Crippen molar-refractivity contribution in [1.82, 2.24) is 34.1 Å². The van der Waals surface area contributed by atoms with E-state index in [1.807, 2.05) is 62.4 Å². The first-order valence-electron chi connectivity index (χ1n) is 30.1. The Hall–Kier alpha value is -6.47. The number of ether oxygens (including phenoxy) is 2. The summed E-state index contributed by atoms with van der Waals surface area (Å²) >= 11 is 12.1. The lowest BCUT2D eigenvalue weighted by molar-refractivity contribution is -0.0153. The number of aryl methyl sites for hydroxylation is 2. The number of nitrogens with zero attached hydrogens (tertiary/aromatic N) is 7. The van der Waals surface area contributed by atoms with Gasteiger partial charge in [-0.3, -0.25) is 41.3 Å².